The summed E-state index contributed by atoms with van der Waals surface area (Å²) in [6, 6.07) is 9.50. The van der Waals surface area contributed by atoms with Gasteiger partial charge in [0.2, 0.25) is 0 Å². The zero-order valence-electron chi connectivity index (χ0n) is 16.3. The molecule has 0 N–H and O–H groups in total. The van der Waals surface area contributed by atoms with Crippen LogP contribution in [0, 0.1) is 6.92 Å². The fourth-order valence-electron chi connectivity index (χ4n) is 3.81. The van der Waals surface area contributed by atoms with E-state index in [9.17, 15) is 4.79 Å². The summed E-state index contributed by atoms with van der Waals surface area (Å²) in [5, 5.41) is 8.15. The van der Waals surface area contributed by atoms with E-state index in [4.69, 9.17) is 11.6 Å². The van der Waals surface area contributed by atoms with Crippen molar-refractivity contribution in [1.82, 2.24) is 24.6 Å². The Morgan fingerprint density at radius 1 is 1.13 bits per heavy atom. The van der Waals surface area contributed by atoms with Gasteiger partial charge in [-0.15, -0.1) is 11.3 Å². The summed E-state index contributed by atoms with van der Waals surface area (Å²) in [4.78, 5) is 27.1. The first-order valence-corrected chi connectivity index (χ1v) is 10.9. The lowest BCUT2D eigenvalue weighted by Crippen LogP contribution is -2.49. The van der Waals surface area contributed by atoms with E-state index in [2.05, 4.69) is 26.0 Å². The summed E-state index contributed by atoms with van der Waals surface area (Å²) >= 11 is 7.71. The molecule has 0 unspecified atom stereocenters. The monoisotopic (exact) mass is 438 g/mol. The molecule has 4 heterocycles. The number of fused-ring (bicyclic) bond motifs is 1. The number of hydrogen-bond donors (Lipinski definition) is 0. The van der Waals surface area contributed by atoms with E-state index in [1.54, 1.807) is 28.5 Å². The third-order valence-corrected chi connectivity index (χ3v) is 6.46. The Morgan fingerprint density at radius 3 is 2.77 bits per heavy atom. The van der Waals surface area contributed by atoms with Gasteiger partial charge in [-0.3, -0.25) is 4.79 Å². The van der Waals surface area contributed by atoms with Crippen molar-refractivity contribution in [3.8, 4) is 5.69 Å². The average molecular weight is 439 g/mol. The number of carbonyl (C=O) groups excluding carboxylic acids is 1. The van der Waals surface area contributed by atoms with Crippen LogP contribution in [0.15, 0.2) is 48.2 Å². The van der Waals surface area contributed by atoms with Gasteiger partial charge in [-0.2, -0.15) is 5.10 Å². The molecule has 0 saturated carbocycles. The Hall–Kier alpha value is -2.97. The number of benzene rings is 1. The van der Waals surface area contributed by atoms with Crippen molar-refractivity contribution in [2.45, 2.75) is 6.92 Å². The largest absolute Gasteiger partial charge is 0.352 e. The maximum atomic E-state index is 13.2. The number of halogens is 1. The van der Waals surface area contributed by atoms with Crippen LogP contribution < -0.4 is 4.90 Å². The Bertz CT molecular complexity index is 1230. The summed E-state index contributed by atoms with van der Waals surface area (Å²) in [6.45, 7) is 4.64. The van der Waals surface area contributed by atoms with Crippen LogP contribution in [0.1, 0.15) is 16.1 Å². The first-order chi connectivity index (χ1) is 14.6. The zero-order valence-corrected chi connectivity index (χ0v) is 17.9. The zero-order chi connectivity index (χ0) is 20.7. The van der Waals surface area contributed by atoms with E-state index in [1.165, 1.54) is 0 Å². The predicted molar refractivity (Wildman–Crippen MR) is 119 cm³/mol. The number of thiophene rings is 1. The molecule has 9 heteroatoms. The highest BCUT2D eigenvalue weighted by Crippen LogP contribution is 2.27. The molecular formula is C21H19ClN6OS. The smallest absolute Gasteiger partial charge is 0.257 e. The summed E-state index contributed by atoms with van der Waals surface area (Å²) in [6.07, 6.45) is 3.25. The molecule has 30 heavy (non-hydrogen) atoms. The molecule has 0 aliphatic carbocycles. The number of nitrogens with zero attached hydrogens (tertiary/aromatic N) is 6. The second-order valence-electron chi connectivity index (χ2n) is 7.15. The van der Waals surface area contributed by atoms with E-state index >= 15 is 0 Å². The molecule has 5 rings (SSSR count). The molecule has 0 bridgehead atoms. The van der Waals surface area contributed by atoms with Crippen molar-refractivity contribution in [2.75, 3.05) is 31.1 Å². The average Bonchev–Trinajstić information content (AvgIpc) is 3.40. The molecule has 0 atom stereocenters. The molecule has 1 aliphatic rings. The third-order valence-electron chi connectivity index (χ3n) is 5.40. The standard InChI is InChI=1S/C21H19ClN6OS/c1-14-18(12-25-28(14)16-4-2-3-15(22)11-16)21(29)27-8-6-26(7-9-27)19-17-5-10-30-20(17)24-13-23-19/h2-5,10-13H,6-9H2,1H3. The quantitative estimate of drug-likeness (QED) is 0.486. The fourth-order valence-corrected chi connectivity index (χ4v) is 4.72. The van der Waals surface area contributed by atoms with Gasteiger partial charge in [-0.05, 0) is 36.6 Å². The van der Waals surface area contributed by atoms with Crippen molar-refractivity contribution in [3.05, 3.63) is 64.5 Å². The lowest BCUT2D eigenvalue weighted by molar-refractivity contribution is 0.0746. The number of piperazine rings is 1. The highest BCUT2D eigenvalue weighted by atomic mass is 35.5. The molecule has 0 spiro atoms. The molecular weight excluding hydrogens is 420 g/mol. The lowest BCUT2D eigenvalue weighted by atomic mass is 10.2. The maximum Gasteiger partial charge on any atom is 0.257 e. The van der Waals surface area contributed by atoms with Crippen molar-refractivity contribution >= 4 is 44.9 Å². The molecule has 1 aliphatic heterocycles. The number of carbonyl (C=O) groups is 1. The maximum absolute atomic E-state index is 13.2. The topological polar surface area (TPSA) is 67.2 Å². The minimum absolute atomic E-state index is 0.00351. The first kappa shape index (κ1) is 19.0. The minimum Gasteiger partial charge on any atom is -0.352 e. The van der Waals surface area contributed by atoms with Gasteiger partial charge in [-0.25, -0.2) is 14.6 Å². The van der Waals surface area contributed by atoms with E-state index in [1.807, 2.05) is 41.5 Å². The van der Waals surface area contributed by atoms with Crippen LogP contribution in [-0.4, -0.2) is 56.7 Å². The Kier molecular flexibility index (Phi) is 4.88. The van der Waals surface area contributed by atoms with Gasteiger partial charge in [0, 0.05) is 31.2 Å². The van der Waals surface area contributed by atoms with Gasteiger partial charge in [0.15, 0.2) is 0 Å². The van der Waals surface area contributed by atoms with Crippen molar-refractivity contribution in [3.63, 3.8) is 0 Å². The molecule has 152 valence electrons. The SMILES string of the molecule is Cc1c(C(=O)N2CCN(c3ncnc4sccc34)CC2)cnn1-c1cccc(Cl)c1. The fraction of sp³-hybridized carbons (Fsp3) is 0.238. The van der Waals surface area contributed by atoms with Gasteiger partial charge in [0.05, 0.1) is 28.5 Å². The number of hydrogen-bond acceptors (Lipinski definition) is 6. The second-order valence-corrected chi connectivity index (χ2v) is 8.48. The third kappa shape index (κ3) is 3.32. The highest BCUT2D eigenvalue weighted by molar-refractivity contribution is 7.16. The molecule has 1 amide bonds. The number of anilines is 1. The van der Waals surface area contributed by atoms with Crippen LogP contribution in [0.3, 0.4) is 0 Å². The van der Waals surface area contributed by atoms with Gasteiger partial charge < -0.3 is 9.80 Å². The minimum atomic E-state index is 0.00351. The number of rotatable bonds is 3. The van der Waals surface area contributed by atoms with Crippen LogP contribution in [0.2, 0.25) is 5.02 Å². The lowest BCUT2D eigenvalue weighted by Gasteiger charge is -2.35. The highest BCUT2D eigenvalue weighted by Gasteiger charge is 2.26. The van der Waals surface area contributed by atoms with Crippen molar-refractivity contribution in [2.24, 2.45) is 0 Å². The second kappa shape index (κ2) is 7.70. The summed E-state index contributed by atoms with van der Waals surface area (Å²) in [5.41, 5.74) is 2.26. The van der Waals surface area contributed by atoms with Crippen LogP contribution in [0.25, 0.3) is 15.9 Å². The van der Waals surface area contributed by atoms with Crippen molar-refractivity contribution in [1.29, 1.82) is 0 Å². The molecule has 7 nitrogen and oxygen atoms in total. The normalized spacial score (nSPS) is 14.5. The number of aromatic nitrogens is 4. The molecule has 3 aromatic heterocycles. The summed E-state index contributed by atoms with van der Waals surface area (Å²) in [7, 11) is 0. The molecule has 0 radical (unpaired) electrons. The van der Waals surface area contributed by atoms with Gasteiger partial charge in [0.1, 0.15) is 17.0 Å². The Labute approximate surface area is 182 Å². The van der Waals surface area contributed by atoms with E-state index in [-0.39, 0.29) is 5.91 Å². The molecule has 4 aromatic rings. The van der Waals surface area contributed by atoms with Crippen molar-refractivity contribution < 1.29 is 4.79 Å². The number of amides is 1. The van der Waals surface area contributed by atoms with Crippen LogP contribution in [-0.2, 0) is 0 Å². The molecule has 1 aromatic carbocycles. The van der Waals surface area contributed by atoms with Crippen LogP contribution in [0.4, 0.5) is 5.82 Å². The summed E-state index contributed by atoms with van der Waals surface area (Å²) < 4.78 is 1.75. The van der Waals surface area contributed by atoms with Crippen LogP contribution in [0.5, 0.6) is 0 Å². The predicted octanol–water partition coefficient (Wildman–Crippen LogP) is 3.80. The summed E-state index contributed by atoms with van der Waals surface area (Å²) in [5.74, 6) is 0.946. The van der Waals surface area contributed by atoms with E-state index < -0.39 is 0 Å². The van der Waals surface area contributed by atoms with Gasteiger partial charge in [-0.1, -0.05) is 17.7 Å². The molecule has 1 fully saturated rings. The Balaban J connectivity index is 1.32. The van der Waals surface area contributed by atoms with Gasteiger partial charge >= 0.3 is 0 Å². The first-order valence-electron chi connectivity index (χ1n) is 9.65. The van der Waals surface area contributed by atoms with Crippen LogP contribution >= 0.6 is 22.9 Å². The van der Waals surface area contributed by atoms with E-state index in [0.717, 1.165) is 40.5 Å². The van der Waals surface area contributed by atoms with Gasteiger partial charge in [0.25, 0.3) is 5.91 Å². The Morgan fingerprint density at radius 2 is 1.97 bits per heavy atom. The van der Waals surface area contributed by atoms with E-state index in [0.29, 0.717) is 23.7 Å². The molecule has 1 saturated heterocycles.